The second kappa shape index (κ2) is 5.73. The molecule has 0 radical (unpaired) electrons. The van der Waals surface area contributed by atoms with E-state index in [-0.39, 0.29) is 11.8 Å². The molecule has 2 aromatic heterocycles. The van der Waals surface area contributed by atoms with Crippen LogP contribution in [0.1, 0.15) is 30.6 Å². The third kappa shape index (κ3) is 3.14. The highest BCUT2D eigenvalue weighted by Crippen LogP contribution is 2.09. The Morgan fingerprint density at radius 2 is 2.20 bits per heavy atom. The topological polar surface area (TPSA) is 83.7 Å². The van der Waals surface area contributed by atoms with Gasteiger partial charge in [0.05, 0.1) is 18.0 Å². The number of imidazole rings is 1. The third-order valence-electron chi connectivity index (χ3n) is 2.99. The highest BCUT2D eigenvalue weighted by molar-refractivity contribution is 5.97. The van der Waals surface area contributed by atoms with Gasteiger partial charge in [0, 0.05) is 11.8 Å². The predicted molar refractivity (Wildman–Crippen MR) is 73.5 cm³/mol. The molecule has 0 fully saturated rings. The van der Waals surface area contributed by atoms with E-state index in [4.69, 9.17) is 5.11 Å². The molecule has 0 bridgehead atoms. The molecule has 1 amide bonds. The molecule has 1 unspecified atom stereocenters. The minimum absolute atomic E-state index is 0.189. The number of carboxylic acid groups (broad SMARTS) is 1. The Labute approximate surface area is 116 Å². The van der Waals surface area contributed by atoms with Crippen LogP contribution < -0.4 is 5.32 Å². The number of carbonyl (C=O) groups is 2. The summed E-state index contributed by atoms with van der Waals surface area (Å²) >= 11 is 0. The van der Waals surface area contributed by atoms with Crippen LogP contribution in [0.4, 0.5) is 0 Å². The van der Waals surface area contributed by atoms with E-state index in [1.165, 1.54) is 0 Å². The number of hydrogen-bond donors (Lipinski definition) is 2. The van der Waals surface area contributed by atoms with Crippen LogP contribution in [0.5, 0.6) is 0 Å². The predicted octanol–water partition coefficient (Wildman–Crippen LogP) is 1.56. The second-order valence-electron chi connectivity index (χ2n) is 5.14. The van der Waals surface area contributed by atoms with Crippen LogP contribution in [0.15, 0.2) is 30.9 Å². The van der Waals surface area contributed by atoms with Crippen LogP contribution in [0.2, 0.25) is 0 Å². The summed E-state index contributed by atoms with van der Waals surface area (Å²) in [6.45, 7) is 3.83. The molecular weight excluding hydrogens is 258 g/mol. The monoisotopic (exact) mass is 275 g/mol. The highest BCUT2D eigenvalue weighted by Gasteiger charge is 2.21. The molecule has 2 N–H and O–H groups in total. The van der Waals surface area contributed by atoms with E-state index >= 15 is 0 Å². The van der Waals surface area contributed by atoms with E-state index in [1.807, 2.05) is 13.8 Å². The lowest BCUT2D eigenvalue weighted by Crippen LogP contribution is -2.41. The normalized spacial score (nSPS) is 12.6. The molecular formula is C14H17N3O3. The van der Waals surface area contributed by atoms with Gasteiger partial charge in [0.2, 0.25) is 0 Å². The molecule has 0 aromatic carbocycles. The number of hydrogen-bond acceptors (Lipinski definition) is 3. The zero-order valence-electron chi connectivity index (χ0n) is 11.4. The molecule has 2 rings (SSSR count). The molecule has 0 aliphatic heterocycles. The maximum Gasteiger partial charge on any atom is 0.326 e. The molecule has 2 aromatic rings. The summed E-state index contributed by atoms with van der Waals surface area (Å²) in [6, 6.07) is 2.44. The van der Waals surface area contributed by atoms with E-state index in [0.29, 0.717) is 12.0 Å². The fourth-order valence-electron chi connectivity index (χ4n) is 1.99. The van der Waals surface area contributed by atoms with Gasteiger partial charge in [-0.3, -0.25) is 4.79 Å². The lowest BCUT2D eigenvalue weighted by atomic mass is 10.0. The zero-order chi connectivity index (χ0) is 14.7. The summed E-state index contributed by atoms with van der Waals surface area (Å²) in [5.74, 6) is -1.21. The van der Waals surface area contributed by atoms with E-state index < -0.39 is 12.0 Å². The quantitative estimate of drug-likeness (QED) is 0.867. The average molecular weight is 275 g/mol. The lowest BCUT2D eigenvalue weighted by molar-refractivity contribution is -0.139. The SMILES string of the molecule is CC(C)CC(NC(=O)c1ccn2cncc2c1)C(=O)O. The fourth-order valence-corrected chi connectivity index (χ4v) is 1.99. The number of fused-ring (bicyclic) bond motifs is 1. The first kappa shape index (κ1) is 14.0. The van der Waals surface area contributed by atoms with Crippen LogP contribution in [0, 0.1) is 5.92 Å². The molecule has 0 spiro atoms. The Balaban J connectivity index is 2.15. The van der Waals surface area contributed by atoms with E-state index in [9.17, 15) is 9.59 Å². The van der Waals surface area contributed by atoms with Crippen molar-refractivity contribution in [1.29, 1.82) is 0 Å². The van der Waals surface area contributed by atoms with Gasteiger partial charge >= 0.3 is 5.97 Å². The number of aromatic nitrogens is 2. The summed E-state index contributed by atoms with van der Waals surface area (Å²) in [4.78, 5) is 27.2. The maximum absolute atomic E-state index is 12.1. The van der Waals surface area contributed by atoms with Crippen molar-refractivity contribution in [3.8, 4) is 0 Å². The minimum Gasteiger partial charge on any atom is -0.480 e. The van der Waals surface area contributed by atoms with E-state index in [1.54, 1.807) is 35.3 Å². The number of rotatable bonds is 5. The fraction of sp³-hybridized carbons (Fsp3) is 0.357. The molecule has 6 heteroatoms. The average Bonchev–Trinajstić information content (AvgIpc) is 2.84. The molecule has 20 heavy (non-hydrogen) atoms. The summed E-state index contributed by atoms with van der Waals surface area (Å²) in [7, 11) is 0. The van der Waals surface area contributed by atoms with Crippen molar-refractivity contribution >= 4 is 17.4 Å². The molecule has 1 atom stereocenters. The molecule has 0 saturated heterocycles. The number of carbonyl (C=O) groups excluding carboxylic acids is 1. The van der Waals surface area contributed by atoms with Crippen LogP contribution in [-0.4, -0.2) is 32.4 Å². The molecule has 6 nitrogen and oxygen atoms in total. The van der Waals surface area contributed by atoms with Crippen LogP contribution in [-0.2, 0) is 4.79 Å². The van der Waals surface area contributed by atoms with Gasteiger partial charge in [0.15, 0.2) is 0 Å². The molecule has 0 aliphatic rings. The van der Waals surface area contributed by atoms with Gasteiger partial charge in [-0.1, -0.05) is 13.8 Å². The minimum atomic E-state index is -1.02. The van der Waals surface area contributed by atoms with Gasteiger partial charge in [-0.15, -0.1) is 0 Å². The third-order valence-corrected chi connectivity index (χ3v) is 2.99. The highest BCUT2D eigenvalue weighted by atomic mass is 16.4. The van der Waals surface area contributed by atoms with Crippen LogP contribution in [0.25, 0.3) is 5.52 Å². The van der Waals surface area contributed by atoms with E-state index in [0.717, 1.165) is 5.52 Å². The van der Waals surface area contributed by atoms with E-state index in [2.05, 4.69) is 10.3 Å². The zero-order valence-corrected chi connectivity index (χ0v) is 11.4. The Hall–Kier alpha value is -2.37. The maximum atomic E-state index is 12.1. The number of pyridine rings is 1. The summed E-state index contributed by atoms with van der Waals surface area (Å²) in [5, 5.41) is 11.7. The van der Waals surface area contributed by atoms with Crippen molar-refractivity contribution in [1.82, 2.24) is 14.7 Å². The first-order valence-corrected chi connectivity index (χ1v) is 6.42. The Bertz CT molecular complexity index is 633. The van der Waals surface area contributed by atoms with Gasteiger partial charge in [-0.2, -0.15) is 0 Å². The molecule has 0 saturated carbocycles. The summed E-state index contributed by atoms with van der Waals surface area (Å²) in [5.41, 5.74) is 1.21. The van der Waals surface area contributed by atoms with Crippen molar-refractivity contribution < 1.29 is 14.7 Å². The van der Waals surface area contributed by atoms with Gasteiger partial charge in [-0.05, 0) is 24.5 Å². The van der Waals surface area contributed by atoms with Gasteiger partial charge in [0.1, 0.15) is 6.04 Å². The van der Waals surface area contributed by atoms with Crippen LogP contribution >= 0.6 is 0 Å². The summed E-state index contributed by atoms with van der Waals surface area (Å²) in [6.07, 6.45) is 5.39. The molecule has 0 aliphatic carbocycles. The van der Waals surface area contributed by atoms with Crippen molar-refractivity contribution in [2.45, 2.75) is 26.3 Å². The van der Waals surface area contributed by atoms with Crippen molar-refractivity contribution in [3.63, 3.8) is 0 Å². The second-order valence-corrected chi connectivity index (χ2v) is 5.14. The van der Waals surface area contributed by atoms with Gasteiger partial charge in [-0.25, -0.2) is 9.78 Å². The molecule has 106 valence electrons. The number of aliphatic carboxylic acids is 1. The number of nitrogens with zero attached hydrogens (tertiary/aromatic N) is 2. The Morgan fingerprint density at radius 1 is 1.45 bits per heavy atom. The van der Waals surface area contributed by atoms with Gasteiger partial charge in [0.25, 0.3) is 5.91 Å². The standard InChI is InChI=1S/C14H17N3O3/c1-9(2)5-12(14(19)20)16-13(18)10-3-4-17-8-15-7-11(17)6-10/h3-4,6-9,12H,5H2,1-2H3,(H,16,18)(H,19,20). The first-order valence-electron chi connectivity index (χ1n) is 6.42. The number of carboxylic acids is 1. The Morgan fingerprint density at radius 3 is 2.85 bits per heavy atom. The number of amides is 1. The van der Waals surface area contributed by atoms with Crippen molar-refractivity contribution in [2.75, 3.05) is 0 Å². The smallest absolute Gasteiger partial charge is 0.326 e. The lowest BCUT2D eigenvalue weighted by Gasteiger charge is -2.16. The Kier molecular flexibility index (Phi) is 4.02. The van der Waals surface area contributed by atoms with Crippen molar-refractivity contribution in [3.05, 3.63) is 36.4 Å². The van der Waals surface area contributed by atoms with Crippen molar-refractivity contribution in [2.24, 2.45) is 5.92 Å². The van der Waals surface area contributed by atoms with Crippen LogP contribution in [0.3, 0.4) is 0 Å². The largest absolute Gasteiger partial charge is 0.480 e. The number of nitrogens with one attached hydrogen (secondary N) is 1. The summed E-state index contributed by atoms with van der Waals surface area (Å²) < 4.78 is 1.78. The first-order chi connectivity index (χ1) is 9.47. The molecule has 2 heterocycles. The van der Waals surface area contributed by atoms with Gasteiger partial charge < -0.3 is 14.8 Å².